The number of carboxylic acid groups (broad SMARTS) is 1. The van der Waals surface area contributed by atoms with E-state index in [-0.39, 0.29) is 0 Å². The monoisotopic (exact) mass is 223 g/mol. The minimum Gasteiger partial charge on any atom is -0.480 e. The van der Waals surface area contributed by atoms with Gasteiger partial charge in [-0.05, 0) is 19.1 Å². The minimum absolute atomic E-state index is 0.455. The van der Waals surface area contributed by atoms with Crippen molar-refractivity contribution >= 4 is 17.6 Å². The van der Waals surface area contributed by atoms with Crippen LogP contribution in [0.4, 0.5) is 5.69 Å². The van der Waals surface area contributed by atoms with Gasteiger partial charge >= 0.3 is 5.97 Å². The Bertz CT molecular complexity index is 377. The van der Waals surface area contributed by atoms with Gasteiger partial charge in [-0.3, -0.25) is 9.69 Å². The molecule has 0 aliphatic carbocycles. The van der Waals surface area contributed by atoms with E-state index in [1.54, 1.807) is 30.3 Å². The summed E-state index contributed by atoms with van der Waals surface area (Å²) >= 11 is 0. The molecule has 2 N–H and O–H groups in total. The second-order valence-corrected chi connectivity index (χ2v) is 3.27. The normalized spacial score (nSPS) is 11.9. The van der Waals surface area contributed by atoms with Crippen LogP contribution < -0.4 is 4.90 Å². The Morgan fingerprint density at radius 1 is 1.31 bits per heavy atom. The van der Waals surface area contributed by atoms with E-state index in [1.807, 2.05) is 0 Å². The number of benzene rings is 1. The van der Waals surface area contributed by atoms with E-state index < -0.39 is 24.5 Å². The molecule has 0 radical (unpaired) electrons. The number of rotatable bonds is 4. The summed E-state index contributed by atoms with van der Waals surface area (Å²) < 4.78 is 0. The summed E-state index contributed by atoms with van der Waals surface area (Å²) in [5.74, 6) is -1.76. The van der Waals surface area contributed by atoms with Crippen LogP contribution >= 0.6 is 0 Å². The highest BCUT2D eigenvalue weighted by Crippen LogP contribution is 2.16. The van der Waals surface area contributed by atoms with Gasteiger partial charge in [-0.2, -0.15) is 0 Å². The maximum absolute atomic E-state index is 11.5. The Morgan fingerprint density at radius 3 is 2.31 bits per heavy atom. The van der Waals surface area contributed by atoms with Gasteiger partial charge in [-0.25, -0.2) is 4.79 Å². The average Bonchev–Trinajstić information content (AvgIpc) is 2.30. The Labute approximate surface area is 92.9 Å². The lowest BCUT2D eigenvalue weighted by Gasteiger charge is -2.25. The molecule has 5 nitrogen and oxygen atoms in total. The van der Waals surface area contributed by atoms with Crippen molar-refractivity contribution in [1.29, 1.82) is 0 Å². The zero-order valence-electron chi connectivity index (χ0n) is 8.83. The van der Waals surface area contributed by atoms with Gasteiger partial charge in [0.1, 0.15) is 12.6 Å². The van der Waals surface area contributed by atoms with Gasteiger partial charge in [0, 0.05) is 5.69 Å². The lowest BCUT2D eigenvalue weighted by molar-refractivity contribution is -0.140. The van der Waals surface area contributed by atoms with Crippen LogP contribution in [0.2, 0.25) is 0 Å². The molecule has 0 spiro atoms. The lowest BCUT2D eigenvalue weighted by atomic mass is 10.2. The summed E-state index contributed by atoms with van der Waals surface area (Å²) in [7, 11) is 0. The number of para-hydroxylation sites is 1. The van der Waals surface area contributed by atoms with Crippen molar-refractivity contribution < 1.29 is 19.8 Å². The summed E-state index contributed by atoms with van der Waals surface area (Å²) in [6, 6.07) is 7.38. The van der Waals surface area contributed by atoms with E-state index in [9.17, 15) is 9.59 Å². The van der Waals surface area contributed by atoms with Crippen LogP contribution in [0.3, 0.4) is 0 Å². The summed E-state index contributed by atoms with van der Waals surface area (Å²) in [4.78, 5) is 23.4. The fourth-order valence-electron chi connectivity index (χ4n) is 1.36. The Morgan fingerprint density at radius 2 is 1.88 bits per heavy atom. The molecule has 1 atom stereocenters. The maximum Gasteiger partial charge on any atom is 0.326 e. The van der Waals surface area contributed by atoms with Crippen molar-refractivity contribution in [3.8, 4) is 0 Å². The molecule has 0 heterocycles. The first-order chi connectivity index (χ1) is 7.57. The van der Waals surface area contributed by atoms with Crippen LogP contribution in [0.1, 0.15) is 6.92 Å². The molecule has 0 aliphatic heterocycles. The molecule has 0 fully saturated rings. The highest BCUT2D eigenvalue weighted by molar-refractivity contribution is 5.99. The average molecular weight is 223 g/mol. The predicted octanol–water partition coefficient (Wildman–Crippen LogP) is 0.485. The summed E-state index contributed by atoms with van der Waals surface area (Å²) in [6.07, 6.45) is 0. The molecule has 1 rings (SSSR count). The van der Waals surface area contributed by atoms with Crippen LogP contribution in [-0.2, 0) is 9.59 Å². The first-order valence-electron chi connectivity index (χ1n) is 4.78. The van der Waals surface area contributed by atoms with Gasteiger partial charge < -0.3 is 10.2 Å². The summed E-state index contributed by atoms with van der Waals surface area (Å²) in [5.41, 5.74) is 0.455. The zero-order chi connectivity index (χ0) is 12.1. The van der Waals surface area contributed by atoms with Crippen LogP contribution in [0.5, 0.6) is 0 Å². The summed E-state index contributed by atoms with van der Waals surface area (Å²) in [6.45, 7) is 0.676. The van der Waals surface area contributed by atoms with E-state index in [4.69, 9.17) is 10.2 Å². The number of anilines is 1. The second kappa shape index (κ2) is 5.27. The highest BCUT2D eigenvalue weighted by Gasteiger charge is 2.26. The number of hydrogen-bond acceptors (Lipinski definition) is 3. The number of amides is 1. The van der Waals surface area contributed by atoms with Crippen molar-refractivity contribution in [3.63, 3.8) is 0 Å². The topological polar surface area (TPSA) is 77.8 Å². The van der Waals surface area contributed by atoms with Crippen molar-refractivity contribution in [2.45, 2.75) is 13.0 Å². The maximum atomic E-state index is 11.5. The number of carbonyl (C=O) groups excluding carboxylic acids is 1. The van der Waals surface area contributed by atoms with Crippen molar-refractivity contribution in [2.24, 2.45) is 0 Å². The fraction of sp³-hybridized carbons (Fsp3) is 0.273. The molecule has 16 heavy (non-hydrogen) atoms. The smallest absolute Gasteiger partial charge is 0.326 e. The lowest BCUT2D eigenvalue weighted by Crippen LogP contribution is -2.44. The number of hydrogen-bond donors (Lipinski definition) is 2. The number of carbonyl (C=O) groups is 2. The molecular formula is C11H13NO4. The van der Waals surface area contributed by atoms with Gasteiger partial charge in [-0.15, -0.1) is 0 Å². The molecule has 0 aromatic heterocycles. The number of aliphatic carboxylic acids is 1. The Balaban J connectivity index is 3.06. The Kier molecular flexibility index (Phi) is 4.02. The van der Waals surface area contributed by atoms with Gasteiger partial charge in [0.05, 0.1) is 0 Å². The van der Waals surface area contributed by atoms with Gasteiger partial charge in [-0.1, -0.05) is 18.2 Å². The van der Waals surface area contributed by atoms with E-state index in [0.29, 0.717) is 5.69 Å². The fourth-order valence-corrected chi connectivity index (χ4v) is 1.36. The standard InChI is InChI=1S/C11H13NO4/c1-8(11(15)16)12(10(14)7-13)9-5-3-2-4-6-9/h2-6,8,13H,7H2,1H3,(H,15,16). The second-order valence-electron chi connectivity index (χ2n) is 3.27. The molecular weight excluding hydrogens is 210 g/mol. The van der Waals surface area contributed by atoms with Crippen molar-refractivity contribution in [3.05, 3.63) is 30.3 Å². The molecule has 1 aromatic carbocycles. The van der Waals surface area contributed by atoms with Crippen molar-refractivity contribution in [2.75, 3.05) is 11.5 Å². The van der Waals surface area contributed by atoms with Gasteiger partial charge in [0.2, 0.25) is 0 Å². The predicted molar refractivity (Wildman–Crippen MR) is 58.1 cm³/mol. The number of nitrogens with zero attached hydrogens (tertiary/aromatic N) is 1. The number of aliphatic hydroxyl groups excluding tert-OH is 1. The minimum atomic E-state index is -1.12. The molecule has 5 heteroatoms. The van der Waals surface area contributed by atoms with Crippen molar-refractivity contribution in [1.82, 2.24) is 0 Å². The molecule has 0 saturated carbocycles. The Hall–Kier alpha value is -1.88. The molecule has 0 aliphatic rings. The molecule has 1 aromatic rings. The molecule has 86 valence electrons. The third kappa shape index (κ3) is 2.58. The SMILES string of the molecule is CC(C(=O)O)N(C(=O)CO)c1ccccc1. The van der Waals surface area contributed by atoms with E-state index in [1.165, 1.54) is 6.92 Å². The first-order valence-corrected chi connectivity index (χ1v) is 4.78. The molecule has 1 amide bonds. The first kappa shape index (κ1) is 12.2. The van der Waals surface area contributed by atoms with Crippen LogP contribution in [-0.4, -0.2) is 34.7 Å². The molecule has 1 unspecified atom stereocenters. The number of carboxylic acids is 1. The van der Waals surface area contributed by atoms with E-state index in [2.05, 4.69) is 0 Å². The summed E-state index contributed by atoms with van der Waals surface area (Å²) in [5, 5.41) is 17.7. The quantitative estimate of drug-likeness (QED) is 0.778. The van der Waals surface area contributed by atoms with Crippen LogP contribution in [0.25, 0.3) is 0 Å². The molecule has 0 bridgehead atoms. The third-order valence-corrected chi connectivity index (χ3v) is 2.18. The van der Waals surface area contributed by atoms with Crippen LogP contribution in [0, 0.1) is 0 Å². The van der Waals surface area contributed by atoms with Gasteiger partial charge in [0.15, 0.2) is 0 Å². The van der Waals surface area contributed by atoms with Crippen LogP contribution in [0.15, 0.2) is 30.3 Å². The largest absolute Gasteiger partial charge is 0.480 e. The van der Waals surface area contributed by atoms with Gasteiger partial charge in [0.25, 0.3) is 5.91 Å². The molecule has 0 saturated heterocycles. The highest BCUT2D eigenvalue weighted by atomic mass is 16.4. The van der Waals surface area contributed by atoms with E-state index >= 15 is 0 Å². The number of aliphatic hydroxyl groups is 1. The van der Waals surface area contributed by atoms with E-state index in [0.717, 1.165) is 4.90 Å². The third-order valence-electron chi connectivity index (χ3n) is 2.18. The zero-order valence-corrected chi connectivity index (χ0v) is 8.83.